The first kappa shape index (κ1) is 25.9. The highest BCUT2D eigenvalue weighted by atomic mass is 32.2. The molecule has 0 spiro atoms. The van der Waals surface area contributed by atoms with Crippen LogP contribution in [0.3, 0.4) is 0 Å². The molecule has 4 rings (SSSR count). The quantitative estimate of drug-likeness (QED) is 0.325. The fourth-order valence-electron chi connectivity index (χ4n) is 3.82. The van der Waals surface area contributed by atoms with Gasteiger partial charge >= 0.3 is 11.9 Å². The second kappa shape index (κ2) is 11.7. The molecule has 3 heterocycles. The topological polar surface area (TPSA) is 122 Å². The number of thiophene rings is 1. The smallest absolute Gasteiger partial charge is 0.337 e. The van der Waals surface area contributed by atoms with E-state index in [1.807, 2.05) is 16.9 Å². The van der Waals surface area contributed by atoms with Gasteiger partial charge in [0.2, 0.25) is 5.91 Å². The molecule has 3 aromatic rings. The second-order valence-corrected chi connectivity index (χ2v) is 10.2. The molecule has 1 N–H and O–H groups in total. The van der Waals surface area contributed by atoms with Crippen molar-refractivity contribution in [3.05, 3.63) is 45.6 Å². The molecule has 0 bridgehead atoms. The van der Waals surface area contributed by atoms with Crippen molar-refractivity contribution < 1.29 is 28.6 Å². The Hall–Kier alpha value is -3.22. The van der Waals surface area contributed by atoms with E-state index in [9.17, 15) is 14.4 Å². The van der Waals surface area contributed by atoms with E-state index in [4.69, 9.17) is 14.2 Å². The van der Waals surface area contributed by atoms with Crippen LogP contribution < -0.4 is 5.32 Å². The average Bonchev–Trinajstić information content (AvgIpc) is 3.63. The van der Waals surface area contributed by atoms with Crippen molar-refractivity contribution >= 4 is 46.6 Å². The number of thioether (sulfide) groups is 1. The lowest BCUT2D eigenvalue weighted by Crippen LogP contribution is -2.18. The van der Waals surface area contributed by atoms with E-state index in [-0.39, 0.29) is 34.6 Å². The summed E-state index contributed by atoms with van der Waals surface area (Å²) < 4.78 is 17.3. The molecule has 1 aromatic carbocycles. The van der Waals surface area contributed by atoms with Crippen LogP contribution in [-0.2, 0) is 25.5 Å². The zero-order valence-corrected chi connectivity index (χ0v) is 21.7. The van der Waals surface area contributed by atoms with Gasteiger partial charge in [-0.25, -0.2) is 9.59 Å². The molecule has 1 unspecified atom stereocenters. The van der Waals surface area contributed by atoms with Gasteiger partial charge in [-0.2, -0.15) is 0 Å². The number of aryl methyl sites for hydroxylation is 1. The van der Waals surface area contributed by atoms with Crippen LogP contribution in [0, 0.1) is 6.92 Å². The zero-order valence-electron chi connectivity index (χ0n) is 20.1. The fourth-order valence-corrected chi connectivity index (χ4v) is 5.25. The first-order valence-corrected chi connectivity index (χ1v) is 13.1. The molecule has 1 aliphatic heterocycles. The minimum Gasteiger partial charge on any atom is -0.465 e. The summed E-state index contributed by atoms with van der Waals surface area (Å²) in [5.74, 6) is -0.820. The third kappa shape index (κ3) is 6.12. The van der Waals surface area contributed by atoms with Crippen molar-refractivity contribution in [3.8, 4) is 11.4 Å². The number of rotatable bonds is 9. The van der Waals surface area contributed by atoms with Crippen LogP contribution in [0.4, 0.5) is 5.69 Å². The molecular formula is C24H26N4O6S2. The maximum atomic E-state index is 12.8. The number of esters is 2. The van der Waals surface area contributed by atoms with Crippen LogP contribution in [0.2, 0.25) is 0 Å². The molecular weight excluding hydrogens is 504 g/mol. The predicted octanol–water partition coefficient (Wildman–Crippen LogP) is 3.80. The van der Waals surface area contributed by atoms with Crippen molar-refractivity contribution in [1.29, 1.82) is 0 Å². The molecule has 12 heteroatoms. The van der Waals surface area contributed by atoms with Gasteiger partial charge in [0.1, 0.15) is 0 Å². The molecule has 2 aromatic heterocycles. The number of carbonyl (C=O) groups is 3. The monoisotopic (exact) mass is 530 g/mol. The molecule has 1 amide bonds. The Morgan fingerprint density at radius 2 is 1.86 bits per heavy atom. The van der Waals surface area contributed by atoms with Crippen molar-refractivity contribution in [2.75, 3.05) is 31.9 Å². The summed E-state index contributed by atoms with van der Waals surface area (Å²) >= 11 is 2.89. The Morgan fingerprint density at radius 1 is 1.14 bits per heavy atom. The van der Waals surface area contributed by atoms with Gasteiger partial charge in [-0.15, -0.1) is 21.5 Å². The molecule has 10 nitrogen and oxygen atoms in total. The molecule has 36 heavy (non-hydrogen) atoms. The van der Waals surface area contributed by atoms with Gasteiger partial charge < -0.3 is 19.5 Å². The minimum atomic E-state index is -0.635. The molecule has 1 fully saturated rings. The van der Waals surface area contributed by atoms with E-state index in [1.165, 1.54) is 49.1 Å². The lowest BCUT2D eigenvalue weighted by Gasteiger charge is -2.14. The number of benzene rings is 1. The predicted molar refractivity (Wildman–Crippen MR) is 136 cm³/mol. The summed E-state index contributed by atoms with van der Waals surface area (Å²) in [7, 11) is 2.47. The Morgan fingerprint density at radius 3 is 2.44 bits per heavy atom. The van der Waals surface area contributed by atoms with E-state index in [0.717, 1.165) is 30.8 Å². The summed E-state index contributed by atoms with van der Waals surface area (Å²) in [5, 5.41) is 14.1. The molecule has 190 valence electrons. The van der Waals surface area contributed by atoms with Crippen LogP contribution >= 0.6 is 23.1 Å². The number of ether oxygens (including phenoxy) is 3. The number of aromatic nitrogens is 3. The summed E-state index contributed by atoms with van der Waals surface area (Å²) in [6, 6.07) is 6.30. The van der Waals surface area contributed by atoms with Gasteiger partial charge in [-0.3, -0.25) is 9.36 Å². The lowest BCUT2D eigenvalue weighted by molar-refractivity contribution is -0.113. The zero-order chi connectivity index (χ0) is 25.7. The molecule has 0 radical (unpaired) electrons. The number of methoxy groups -OCH3 is 2. The third-order valence-electron chi connectivity index (χ3n) is 5.51. The number of hydrogen-bond donors (Lipinski definition) is 1. The largest absolute Gasteiger partial charge is 0.465 e. The van der Waals surface area contributed by atoms with Gasteiger partial charge in [0, 0.05) is 28.1 Å². The Kier molecular flexibility index (Phi) is 8.39. The number of nitrogens with zero attached hydrogens (tertiary/aromatic N) is 3. The number of anilines is 1. The lowest BCUT2D eigenvalue weighted by atomic mass is 10.1. The number of nitrogens with one attached hydrogen (secondary N) is 1. The first-order valence-electron chi connectivity index (χ1n) is 11.2. The third-order valence-corrected chi connectivity index (χ3v) is 7.34. The van der Waals surface area contributed by atoms with Crippen LogP contribution in [0.25, 0.3) is 11.4 Å². The van der Waals surface area contributed by atoms with Gasteiger partial charge in [0.15, 0.2) is 11.0 Å². The van der Waals surface area contributed by atoms with E-state index in [1.54, 1.807) is 11.3 Å². The normalized spacial score (nSPS) is 15.0. The van der Waals surface area contributed by atoms with Crippen LogP contribution in [0.1, 0.15) is 38.4 Å². The number of carbonyl (C=O) groups excluding carboxylic acids is 3. The van der Waals surface area contributed by atoms with Crippen molar-refractivity contribution in [3.63, 3.8) is 0 Å². The molecule has 1 saturated heterocycles. The highest BCUT2D eigenvalue weighted by Crippen LogP contribution is 2.29. The van der Waals surface area contributed by atoms with Crippen LogP contribution in [-0.4, -0.2) is 65.3 Å². The maximum absolute atomic E-state index is 12.8. The Balaban J connectivity index is 1.50. The summed E-state index contributed by atoms with van der Waals surface area (Å²) in [4.78, 5) is 38.0. The fraction of sp³-hybridized carbons (Fsp3) is 0.375. The first-order chi connectivity index (χ1) is 17.4. The summed E-state index contributed by atoms with van der Waals surface area (Å²) in [6.07, 6.45) is 2.05. The van der Waals surface area contributed by atoms with Crippen LogP contribution in [0.5, 0.6) is 0 Å². The standard InChI is InChI=1S/C24H26N4O6S2/c1-14-7-17(12-35-14)21-26-27-24(28(21)11-19-5-4-6-34-19)36-13-20(29)25-18-9-15(22(30)32-2)8-16(10-18)23(31)33-3/h7-10,12,19H,4-6,11,13H2,1-3H3,(H,25,29). The average molecular weight is 531 g/mol. The number of hydrogen-bond acceptors (Lipinski definition) is 10. The Bertz CT molecular complexity index is 1230. The SMILES string of the molecule is COC(=O)c1cc(NC(=O)CSc2nnc(-c3csc(C)c3)n2CC2CCCO2)cc(C(=O)OC)c1. The molecule has 1 atom stereocenters. The highest BCUT2D eigenvalue weighted by Gasteiger charge is 2.23. The van der Waals surface area contributed by atoms with Gasteiger partial charge in [-0.05, 0) is 44.0 Å². The van der Waals surface area contributed by atoms with Crippen molar-refractivity contribution in [2.24, 2.45) is 0 Å². The van der Waals surface area contributed by atoms with E-state index in [0.29, 0.717) is 11.7 Å². The number of amides is 1. The van der Waals surface area contributed by atoms with Crippen molar-refractivity contribution in [1.82, 2.24) is 14.8 Å². The Labute approximate surface area is 216 Å². The van der Waals surface area contributed by atoms with Gasteiger partial charge in [0.25, 0.3) is 0 Å². The highest BCUT2D eigenvalue weighted by molar-refractivity contribution is 7.99. The van der Waals surface area contributed by atoms with Gasteiger partial charge in [0.05, 0.1) is 43.7 Å². The van der Waals surface area contributed by atoms with Crippen molar-refractivity contribution in [2.45, 2.75) is 37.6 Å². The van der Waals surface area contributed by atoms with E-state index < -0.39 is 11.9 Å². The molecule has 0 saturated carbocycles. The minimum absolute atomic E-state index is 0.0440. The molecule has 1 aliphatic rings. The van der Waals surface area contributed by atoms with E-state index >= 15 is 0 Å². The summed E-state index contributed by atoms with van der Waals surface area (Å²) in [5.41, 5.74) is 1.50. The maximum Gasteiger partial charge on any atom is 0.337 e. The van der Waals surface area contributed by atoms with E-state index in [2.05, 4.69) is 21.6 Å². The summed E-state index contributed by atoms with van der Waals surface area (Å²) in [6.45, 7) is 3.38. The second-order valence-electron chi connectivity index (χ2n) is 8.12. The van der Waals surface area contributed by atoms with Crippen LogP contribution in [0.15, 0.2) is 34.8 Å². The molecule has 0 aliphatic carbocycles. The van der Waals surface area contributed by atoms with Gasteiger partial charge in [-0.1, -0.05) is 11.8 Å².